The van der Waals surface area contributed by atoms with Gasteiger partial charge in [0.2, 0.25) is 0 Å². The van der Waals surface area contributed by atoms with E-state index in [9.17, 15) is 9.59 Å². The number of nitrogens with zero attached hydrogens (tertiary/aromatic N) is 1. The number of hydrogen-bond donors (Lipinski definition) is 0. The number of rotatable bonds is 7. The van der Waals surface area contributed by atoms with Gasteiger partial charge in [-0.3, -0.25) is 14.6 Å². The van der Waals surface area contributed by atoms with Crippen LogP contribution in [-0.4, -0.2) is 17.2 Å². The zero-order valence-corrected chi connectivity index (χ0v) is 10.2. The van der Waals surface area contributed by atoms with Crippen LogP contribution in [0.25, 0.3) is 0 Å². The molecule has 0 aliphatic rings. The first-order chi connectivity index (χ1) is 8.11. The van der Waals surface area contributed by atoms with Crippen LogP contribution in [0.3, 0.4) is 0 Å². The summed E-state index contributed by atoms with van der Waals surface area (Å²) in [6, 6.07) is 3.61. The predicted molar refractivity (Wildman–Crippen MR) is 63.3 cm³/mol. The van der Waals surface area contributed by atoms with Crippen molar-refractivity contribution in [1.29, 1.82) is 0 Å². The molecule has 0 amide bonds. The minimum atomic E-state index is 0.199. The average molecular weight is 235 g/mol. The lowest BCUT2D eigenvalue weighted by Gasteiger charge is -2.04. The van der Waals surface area contributed by atoms with Gasteiger partial charge < -0.3 is 4.74 Å². The molecule has 0 spiro atoms. The number of ether oxygens (including phenoxy) is 1. The molecule has 0 radical (unpaired) electrons. The van der Waals surface area contributed by atoms with Crippen molar-refractivity contribution < 1.29 is 14.3 Å². The van der Waals surface area contributed by atoms with Crippen LogP contribution in [0.1, 0.15) is 31.5 Å². The van der Waals surface area contributed by atoms with Crippen LogP contribution in [0.4, 0.5) is 0 Å². The zero-order chi connectivity index (χ0) is 12.7. The van der Waals surface area contributed by atoms with E-state index in [1.54, 1.807) is 12.3 Å². The molecule has 1 aromatic rings. The highest BCUT2D eigenvalue weighted by atomic mass is 16.5. The molecular formula is C13H17NO3. The van der Waals surface area contributed by atoms with Gasteiger partial charge in [-0.25, -0.2) is 0 Å². The standard InChI is InChI=1S/C13H17NO3/c1-10(2)5-13(16)6-12-4-3-11(7-14-12)8-17-9-15/h3-4,7,9-10H,5-6,8H2,1-2H3. The highest BCUT2D eigenvalue weighted by molar-refractivity contribution is 5.80. The minimum Gasteiger partial charge on any atom is -0.463 e. The van der Waals surface area contributed by atoms with Crippen molar-refractivity contribution >= 4 is 12.3 Å². The normalized spacial score (nSPS) is 10.3. The van der Waals surface area contributed by atoms with Crippen LogP contribution in [0.15, 0.2) is 18.3 Å². The summed E-state index contributed by atoms with van der Waals surface area (Å²) in [4.78, 5) is 25.7. The molecule has 0 atom stereocenters. The van der Waals surface area contributed by atoms with Crippen molar-refractivity contribution in [3.63, 3.8) is 0 Å². The van der Waals surface area contributed by atoms with Crippen LogP contribution in [-0.2, 0) is 27.4 Å². The van der Waals surface area contributed by atoms with Crippen molar-refractivity contribution in [2.75, 3.05) is 0 Å². The predicted octanol–water partition coefficient (Wildman–Crippen LogP) is 1.91. The highest BCUT2D eigenvalue weighted by Crippen LogP contribution is 2.06. The third-order valence-corrected chi connectivity index (χ3v) is 2.22. The molecule has 0 aliphatic heterocycles. The van der Waals surface area contributed by atoms with Crippen LogP contribution >= 0.6 is 0 Å². The molecule has 0 unspecified atom stereocenters. The number of Topliss-reactive ketones (excluding diaryl/α,β-unsaturated/α-hetero) is 1. The molecule has 1 rings (SSSR count). The Morgan fingerprint density at radius 1 is 1.47 bits per heavy atom. The molecule has 92 valence electrons. The molecule has 17 heavy (non-hydrogen) atoms. The second-order valence-corrected chi connectivity index (χ2v) is 4.38. The topological polar surface area (TPSA) is 56.3 Å². The number of carbonyl (C=O) groups excluding carboxylic acids is 2. The van der Waals surface area contributed by atoms with E-state index in [2.05, 4.69) is 9.72 Å². The maximum Gasteiger partial charge on any atom is 0.293 e. The van der Waals surface area contributed by atoms with E-state index in [0.29, 0.717) is 25.2 Å². The van der Waals surface area contributed by atoms with Gasteiger partial charge in [0.25, 0.3) is 6.47 Å². The smallest absolute Gasteiger partial charge is 0.293 e. The first kappa shape index (κ1) is 13.4. The van der Waals surface area contributed by atoms with E-state index < -0.39 is 0 Å². The largest absolute Gasteiger partial charge is 0.463 e. The molecule has 0 N–H and O–H groups in total. The molecule has 0 bridgehead atoms. The summed E-state index contributed by atoms with van der Waals surface area (Å²) >= 11 is 0. The van der Waals surface area contributed by atoms with Gasteiger partial charge in [-0.05, 0) is 12.0 Å². The van der Waals surface area contributed by atoms with E-state index in [1.807, 2.05) is 19.9 Å². The molecule has 0 saturated carbocycles. The maximum atomic E-state index is 11.6. The van der Waals surface area contributed by atoms with Crippen molar-refractivity contribution in [1.82, 2.24) is 4.98 Å². The van der Waals surface area contributed by atoms with Gasteiger partial charge in [-0.2, -0.15) is 0 Å². The van der Waals surface area contributed by atoms with Crippen molar-refractivity contribution in [3.8, 4) is 0 Å². The summed E-state index contributed by atoms with van der Waals surface area (Å²) in [6.45, 7) is 4.66. The van der Waals surface area contributed by atoms with Crippen LogP contribution in [0.5, 0.6) is 0 Å². The first-order valence-corrected chi connectivity index (χ1v) is 5.62. The Morgan fingerprint density at radius 2 is 2.24 bits per heavy atom. The summed E-state index contributed by atoms with van der Waals surface area (Å²) in [7, 11) is 0. The van der Waals surface area contributed by atoms with E-state index in [4.69, 9.17) is 0 Å². The second kappa shape index (κ2) is 6.78. The number of pyridine rings is 1. The fraction of sp³-hybridized carbons (Fsp3) is 0.462. The van der Waals surface area contributed by atoms with E-state index >= 15 is 0 Å². The fourth-order valence-corrected chi connectivity index (χ4v) is 1.50. The molecule has 0 aromatic carbocycles. The van der Waals surface area contributed by atoms with Gasteiger partial charge in [0, 0.05) is 30.3 Å². The average Bonchev–Trinajstić information content (AvgIpc) is 2.27. The molecule has 0 aliphatic carbocycles. The molecule has 0 fully saturated rings. The van der Waals surface area contributed by atoms with Gasteiger partial charge in [-0.15, -0.1) is 0 Å². The van der Waals surface area contributed by atoms with Crippen molar-refractivity contribution in [2.45, 2.75) is 33.3 Å². The Hall–Kier alpha value is -1.71. The van der Waals surface area contributed by atoms with Crippen LogP contribution < -0.4 is 0 Å². The molecular weight excluding hydrogens is 218 g/mol. The van der Waals surface area contributed by atoms with E-state index in [-0.39, 0.29) is 12.4 Å². The Kier molecular flexibility index (Phi) is 5.33. The Morgan fingerprint density at radius 3 is 2.76 bits per heavy atom. The quantitative estimate of drug-likeness (QED) is 0.677. The Balaban J connectivity index is 2.50. The van der Waals surface area contributed by atoms with Gasteiger partial charge in [0.1, 0.15) is 12.4 Å². The Labute approximate surface area is 101 Å². The number of ketones is 1. The second-order valence-electron chi connectivity index (χ2n) is 4.38. The number of carbonyl (C=O) groups is 2. The number of hydrogen-bond acceptors (Lipinski definition) is 4. The monoisotopic (exact) mass is 235 g/mol. The Bertz CT molecular complexity index is 371. The third kappa shape index (κ3) is 5.24. The SMILES string of the molecule is CC(C)CC(=O)Cc1ccc(COC=O)cn1. The molecule has 1 heterocycles. The summed E-state index contributed by atoms with van der Waals surface area (Å²) in [5.41, 5.74) is 1.57. The third-order valence-electron chi connectivity index (χ3n) is 2.22. The first-order valence-electron chi connectivity index (χ1n) is 5.62. The molecule has 4 nitrogen and oxygen atoms in total. The molecule has 4 heteroatoms. The molecule has 0 saturated heterocycles. The van der Waals surface area contributed by atoms with Crippen LogP contribution in [0, 0.1) is 5.92 Å². The summed E-state index contributed by atoms with van der Waals surface area (Å²) in [6.07, 6.45) is 2.58. The summed E-state index contributed by atoms with van der Waals surface area (Å²) in [5.74, 6) is 0.576. The van der Waals surface area contributed by atoms with Crippen molar-refractivity contribution in [3.05, 3.63) is 29.6 Å². The lowest BCUT2D eigenvalue weighted by Crippen LogP contribution is -2.07. The number of aromatic nitrogens is 1. The zero-order valence-electron chi connectivity index (χ0n) is 10.2. The fourth-order valence-electron chi connectivity index (χ4n) is 1.50. The van der Waals surface area contributed by atoms with Gasteiger partial charge in [-0.1, -0.05) is 19.9 Å². The summed E-state index contributed by atoms with van der Waals surface area (Å²) < 4.78 is 4.61. The maximum absolute atomic E-state index is 11.6. The lowest BCUT2D eigenvalue weighted by atomic mass is 10.0. The lowest BCUT2D eigenvalue weighted by molar-refractivity contribution is -0.129. The summed E-state index contributed by atoms with van der Waals surface area (Å²) in [5, 5.41) is 0. The highest BCUT2D eigenvalue weighted by Gasteiger charge is 2.07. The van der Waals surface area contributed by atoms with Gasteiger partial charge in [0.05, 0.1) is 0 Å². The van der Waals surface area contributed by atoms with E-state index in [1.165, 1.54) is 0 Å². The van der Waals surface area contributed by atoms with Gasteiger partial charge in [0.15, 0.2) is 0 Å². The molecule has 1 aromatic heterocycles. The minimum absolute atomic E-state index is 0.199. The van der Waals surface area contributed by atoms with Gasteiger partial charge >= 0.3 is 0 Å². The van der Waals surface area contributed by atoms with Crippen molar-refractivity contribution in [2.24, 2.45) is 5.92 Å². The van der Waals surface area contributed by atoms with Crippen LogP contribution in [0.2, 0.25) is 0 Å². The van der Waals surface area contributed by atoms with E-state index in [0.717, 1.165) is 11.3 Å².